The van der Waals surface area contributed by atoms with Crippen LogP contribution in [0.15, 0.2) is 83.6 Å². The Morgan fingerprint density at radius 3 is 2.51 bits per heavy atom. The van der Waals surface area contributed by atoms with Gasteiger partial charge in [-0.2, -0.15) is 13.2 Å². The van der Waals surface area contributed by atoms with E-state index in [1.807, 2.05) is 0 Å². The Balaban J connectivity index is 1.50. The molecule has 0 aliphatic heterocycles. The molecule has 0 bridgehead atoms. The van der Waals surface area contributed by atoms with E-state index in [0.29, 0.717) is 15.8 Å². The van der Waals surface area contributed by atoms with E-state index < -0.39 is 22.7 Å². The van der Waals surface area contributed by atoms with Crippen molar-refractivity contribution in [3.05, 3.63) is 105 Å². The number of nitro benzene ring substituents is 1. The number of non-ortho nitro benzene ring substituents is 1. The second-order valence-corrected chi connectivity index (χ2v) is 9.03. The summed E-state index contributed by atoms with van der Waals surface area (Å²) >= 11 is 3.28. The number of carbonyl (C=O) groups is 1. The van der Waals surface area contributed by atoms with Crippen LogP contribution in [0.2, 0.25) is 0 Å². The van der Waals surface area contributed by atoms with Crippen LogP contribution in [0.5, 0.6) is 11.5 Å². The number of fused-ring (bicyclic) bond motifs is 1. The molecule has 0 spiro atoms. The van der Waals surface area contributed by atoms with Gasteiger partial charge in [-0.15, -0.1) is 4.52 Å². The van der Waals surface area contributed by atoms with Crippen molar-refractivity contribution in [2.24, 2.45) is 0 Å². The van der Waals surface area contributed by atoms with Gasteiger partial charge in [-0.1, -0.05) is 15.9 Å². The first kappa shape index (κ1) is 25.8. The number of hydrogen-bond acceptors (Lipinski definition) is 6. The average Bonchev–Trinajstić information content (AvgIpc) is 3.33. The molecule has 0 unspecified atom stereocenters. The molecule has 0 saturated heterocycles. The molecule has 3 aromatic heterocycles. The number of aromatic nitrogens is 4. The van der Waals surface area contributed by atoms with Crippen molar-refractivity contribution in [3.8, 4) is 22.8 Å². The van der Waals surface area contributed by atoms with Gasteiger partial charge in [0.25, 0.3) is 11.6 Å². The maximum atomic E-state index is 13.9. The van der Waals surface area contributed by atoms with Crippen LogP contribution in [0.25, 0.3) is 16.9 Å². The number of ether oxygens (including phenoxy) is 1. The molecule has 0 saturated carbocycles. The molecule has 0 atom stereocenters. The summed E-state index contributed by atoms with van der Waals surface area (Å²) in [7, 11) is 0. The fourth-order valence-corrected chi connectivity index (χ4v) is 3.94. The fourth-order valence-electron chi connectivity index (χ4n) is 3.67. The van der Waals surface area contributed by atoms with E-state index in [9.17, 15) is 28.1 Å². The van der Waals surface area contributed by atoms with Crippen LogP contribution in [0.4, 0.5) is 24.5 Å². The minimum absolute atomic E-state index is 0.0173. The number of rotatable bonds is 6. The number of nitro groups is 1. The van der Waals surface area contributed by atoms with Gasteiger partial charge in [-0.3, -0.25) is 19.9 Å². The molecule has 196 valence electrons. The van der Waals surface area contributed by atoms with Crippen LogP contribution in [0.1, 0.15) is 16.2 Å². The molecule has 14 heteroatoms. The normalized spacial score (nSPS) is 11.4. The third-order valence-electron chi connectivity index (χ3n) is 5.39. The molecule has 10 nitrogen and oxygen atoms in total. The third-order valence-corrected chi connectivity index (χ3v) is 5.92. The highest BCUT2D eigenvalue weighted by Crippen LogP contribution is 2.31. The zero-order valence-corrected chi connectivity index (χ0v) is 21.0. The van der Waals surface area contributed by atoms with Gasteiger partial charge >= 0.3 is 11.8 Å². The lowest BCUT2D eigenvalue weighted by molar-refractivity contribution is -0.604. The van der Waals surface area contributed by atoms with Crippen LogP contribution in [-0.2, 0) is 6.18 Å². The topological polar surface area (TPSA) is 127 Å². The Morgan fingerprint density at radius 2 is 1.85 bits per heavy atom. The molecule has 1 amide bonds. The minimum atomic E-state index is -4.77. The number of H-pyrrole nitrogens is 1. The first-order chi connectivity index (χ1) is 18.6. The van der Waals surface area contributed by atoms with Crippen molar-refractivity contribution >= 4 is 38.9 Å². The lowest BCUT2D eigenvalue weighted by Crippen LogP contribution is -2.36. The molecule has 5 aromatic rings. The lowest BCUT2D eigenvalue weighted by atomic mass is 10.1. The first-order valence-corrected chi connectivity index (χ1v) is 11.8. The Hall–Kier alpha value is -4.85. The van der Waals surface area contributed by atoms with Crippen LogP contribution >= 0.6 is 15.9 Å². The van der Waals surface area contributed by atoms with Gasteiger partial charge in [0.1, 0.15) is 17.2 Å². The number of nitrogens with one attached hydrogen (secondary N) is 2. The largest absolute Gasteiger partial charge is 0.456 e. The number of amides is 1. The van der Waals surface area contributed by atoms with Crippen molar-refractivity contribution in [2.45, 2.75) is 6.18 Å². The van der Waals surface area contributed by atoms with E-state index in [-0.39, 0.29) is 34.2 Å². The van der Waals surface area contributed by atoms with Crippen LogP contribution in [0.3, 0.4) is 0 Å². The van der Waals surface area contributed by atoms with Crippen molar-refractivity contribution in [1.29, 1.82) is 0 Å². The molecule has 0 radical (unpaired) electrons. The number of halogens is 4. The Labute approximate surface area is 225 Å². The van der Waals surface area contributed by atoms with Gasteiger partial charge in [-0.05, 0) is 41.4 Å². The Kier molecular flexibility index (Phi) is 6.70. The van der Waals surface area contributed by atoms with E-state index in [1.165, 1.54) is 18.5 Å². The van der Waals surface area contributed by atoms with Gasteiger partial charge in [0.05, 0.1) is 28.9 Å². The smallest absolute Gasteiger partial charge is 0.455 e. The monoisotopic (exact) mass is 599 g/mol. The lowest BCUT2D eigenvalue weighted by Gasteiger charge is -2.08. The Morgan fingerprint density at radius 1 is 1.08 bits per heavy atom. The maximum absolute atomic E-state index is 13.9. The highest BCUT2D eigenvalue weighted by molar-refractivity contribution is 9.10. The van der Waals surface area contributed by atoms with E-state index in [1.54, 1.807) is 36.4 Å². The van der Waals surface area contributed by atoms with Gasteiger partial charge in [0.15, 0.2) is 5.69 Å². The van der Waals surface area contributed by atoms with Crippen LogP contribution < -0.4 is 14.6 Å². The number of carbonyl (C=O) groups excluding carboxylic acids is 1. The number of anilines is 1. The maximum Gasteiger partial charge on any atom is 0.456 e. The second kappa shape index (κ2) is 10.1. The van der Waals surface area contributed by atoms with E-state index in [4.69, 9.17) is 4.74 Å². The Bertz CT molecular complexity index is 1710. The van der Waals surface area contributed by atoms with Crippen molar-refractivity contribution in [2.75, 3.05) is 5.32 Å². The summed E-state index contributed by atoms with van der Waals surface area (Å²) in [4.78, 5) is 31.9. The first-order valence-electron chi connectivity index (χ1n) is 11.0. The summed E-state index contributed by atoms with van der Waals surface area (Å²) in [5.74, 6) is -0.514. The molecule has 5 rings (SSSR count). The minimum Gasteiger partial charge on any atom is -0.455 e. The molecule has 0 fully saturated rings. The molecule has 2 N–H and O–H groups in total. The predicted octanol–water partition coefficient (Wildman–Crippen LogP) is 5.94. The quantitative estimate of drug-likeness (QED) is 0.141. The zero-order valence-electron chi connectivity index (χ0n) is 19.4. The SMILES string of the molecule is O=C(Nc1cc(Oc2cccnc2)cc([N+](=O)[O-])c1)c1cc2nc(-c3ccc(Br)cc3)cc(C(F)(F)F)[n+]2[nH]1. The molecule has 0 aliphatic carbocycles. The summed E-state index contributed by atoms with van der Waals surface area (Å²) in [6, 6.07) is 15.3. The standard InChI is InChI=1S/C25H14BrF3N6O4/c26-15-5-3-14(4-6-15)20-11-22(25(27,28)29)34-23(32-20)12-21(33-34)24(36)31-16-8-17(35(37)38)10-19(9-16)39-18-2-1-7-30-13-18/h1-13H,(H,31,36)/p+1. The second-order valence-electron chi connectivity index (χ2n) is 8.11. The third kappa shape index (κ3) is 5.70. The average molecular weight is 600 g/mol. The molecule has 0 aliphatic rings. The highest BCUT2D eigenvalue weighted by Gasteiger charge is 2.40. The van der Waals surface area contributed by atoms with Crippen molar-refractivity contribution in [3.63, 3.8) is 0 Å². The summed E-state index contributed by atoms with van der Waals surface area (Å²) in [6.07, 6.45) is -1.86. The van der Waals surface area contributed by atoms with Crippen molar-refractivity contribution in [1.82, 2.24) is 15.1 Å². The summed E-state index contributed by atoms with van der Waals surface area (Å²) in [5.41, 5.74) is -1.40. The number of aromatic amines is 1. The van der Waals surface area contributed by atoms with Gasteiger partial charge in [-0.25, -0.2) is 5.10 Å². The number of alkyl halides is 3. The van der Waals surface area contributed by atoms with Crippen LogP contribution in [0, 0.1) is 10.1 Å². The molecular weight excluding hydrogens is 585 g/mol. The summed E-state index contributed by atoms with van der Waals surface area (Å²) in [5, 5.41) is 16.3. The number of benzene rings is 2. The van der Waals surface area contributed by atoms with Crippen molar-refractivity contribution < 1.29 is 32.1 Å². The zero-order chi connectivity index (χ0) is 27.7. The molecular formula is C25H15BrF3N6O4+. The van der Waals surface area contributed by atoms with Gasteiger partial charge < -0.3 is 10.1 Å². The van der Waals surface area contributed by atoms with E-state index in [2.05, 4.69) is 36.3 Å². The number of hydrogen-bond donors (Lipinski definition) is 2. The molecule has 39 heavy (non-hydrogen) atoms. The van der Waals surface area contributed by atoms with Gasteiger partial charge in [0, 0.05) is 34.4 Å². The van der Waals surface area contributed by atoms with E-state index >= 15 is 0 Å². The van der Waals surface area contributed by atoms with Gasteiger partial charge in [0.2, 0.25) is 5.69 Å². The highest BCUT2D eigenvalue weighted by atomic mass is 79.9. The molecule has 2 aromatic carbocycles. The predicted molar refractivity (Wildman–Crippen MR) is 135 cm³/mol. The van der Waals surface area contributed by atoms with E-state index in [0.717, 1.165) is 28.7 Å². The summed E-state index contributed by atoms with van der Waals surface area (Å²) in [6.45, 7) is 0. The van der Waals surface area contributed by atoms with Crippen LogP contribution in [-0.4, -0.2) is 25.9 Å². The molecule has 3 heterocycles. The number of nitrogens with zero attached hydrogens (tertiary/aromatic N) is 4. The fraction of sp³-hybridized carbons (Fsp3) is 0.0400. The summed E-state index contributed by atoms with van der Waals surface area (Å²) < 4.78 is 48.7. The number of pyridine rings is 1.